The fourth-order valence-electron chi connectivity index (χ4n) is 1.17. The second kappa shape index (κ2) is 4.58. The van der Waals surface area contributed by atoms with E-state index in [0.717, 1.165) is 10.6 Å². The molecule has 6 nitrogen and oxygen atoms in total. The van der Waals surface area contributed by atoms with Gasteiger partial charge in [0.15, 0.2) is 0 Å². The molecule has 0 saturated carbocycles. The van der Waals surface area contributed by atoms with Gasteiger partial charge in [0, 0.05) is 19.3 Å². The second-order valence-electron chi connectivity index (χ2n) is 3.40. The maximum atomic E-state index is 5.80. The van der Waals surface area contributed by atoms with Gasteiger partial charge in [-0.15, -0.1) is 5.10 Å². The molecule has 84 valence electrons. The lowest BCUT2D eigenvalue weighted by molar-refractivity contribution is 0.664. The quantitative estimate of drug-likeness (QED) is 0.847. The molecule has 0 bridgehead atoms. The molecule has 0 aliphatic rings. The Morgan fingerprint density at radius 2 is 2.31 bits per heavy atom. The minimum Gasteiger partial charge on any atom is -0.324 e. The van der Waals surface area contributed by atoms with Crippen molar-refractivity contribution in [2.45, 2.75) is 23.1 Å². The smallest absolute Gasteiger partial charge is 0.215 e. The zero-order valence-corrected chi connectivity index (χ0v) is 9.85. The van der Waals surface area contributed by atoms with Gasteiger partial charge in [-0.05, 0) is 46.8 Å². The average Bonchev–Trinajstić information content (AvgIpc) is 2.65. The van der Waals surface area contributed by atoms with Gasteiger partial charge in [0.25, 0.3) is 0 Å². The predicted octanol–water partition coefficient (Wildman–Crippen LogP) is 0.776. The first-order valence-electron chi connectivity index (χ1n) is 4.78. The van der Waals surface area contributed by atoms with Gasteiger partial charge in [-0.2, -0.15) is 0 Å². The number of hydrogen-bond donors (Lipinski definition) is 1. The summed E-state index contributed by atoms with van der Waals surface area (Å²) >= 11 is 1.41. The Bertz CT molecular complexity index is 480. The van der Waals surface area contributed by atoms with E-state index < -0.39 is 0 Å². The lowest BCUT2D eigenvalue weighted by Crippen LogP contribution is -2.05. The topological polar surface area (TPSA) is 82.5 Å². The van der Waals surface area contributed by atoms with Crippen LogP contribution in [0, 0.1) is 0 Å². The Morgan fingerprint density at radius 3 is 2.94 bits per heavy atom. The third kappa shape index (κ3) is 2.37. The van der Waals surface area contributed by atoms with Crippen molar-refractivity contribution in [3.05, 3.63) is 23.9 Å². The van der Waals surface area contributed by atoms with Crippen molar-refractivity contribution in [3.63, 3.8) is 0 Å². The van der Waals surface area contributed by atoms with Gasteiger partial charge in [0.2, 0.25) is 5.16 Å². The Labute approximate surface area is 97.2 Å². The first-order chi connectivity index (χ1) is 7.66. The van der Waals surface area contributed by atoms with Crippen LogP contribution in [0.2, 0.25) is 0 Å². The molecule has 16 heavy (non-hydrogen) atoms. The highest BCUT2D eigenvalue weighted by Crippen LogP contribution is 2.24. The van der Waals surface area contributed by atoms with Crippen LogP contribution in [-0.2, 0) is 7.05 Å². The molecule has 1 atom stereocenters. The minimum absolute atomic E-state index is 0.0000265. The number of tetrazole rings is 1. The first-order valence-corrected chi connectivity index (χ1v) is 5.60. The average molecular weight is 236 g/mol. The van der Waals surface area contributed by atoms with E-state index in [1.54, 1.807) is 17.9 Å². The summed E-state index contributed by atoms with van der Waals surface area (Å²) in [4.78, 5) is 4.24. The monoisotopic (exact) mass is 236 g/mol. The summed E-state index contributed by atoms with van der Waals surface area (Å²) in [6.45, 7) is 1.94. The molecule has 0 aromatic carbocycles. The van der Waals surface area contributed by atoms with E-state index in [9.17, 15) is 0 Å². The van der Waals surface area contributed by atoms with Crippen molar-refractivity contribution in [1.82, 2.24) is 25.2 Å². The zero-order chi connectivity index (χ0) is 11.5. The van der Waals surface area contributed by atoms with Gasteiger partial charge in [-0.3, -0.25) is 0 Å². The Kier molecular flexibility index (Phi) is 3.16. The Balaban J connectivity index is 2.22. The summed E-state index contributed by atoms with van der Waals surface area (Å²) in [5, 5.41) is 12.7. The molecule has 2 aromatic rings. The number of nitrogens with zero attached hydrogens (tertiary/aromatic N) is 5. The molecule has 0 saturated heterocycles. The second-order valence-corrected chi connectivity index (χ2v) is 4.39. The number of hydrogen-bond acceptors (Lipinski definition) is 6. The molecule has 0 spiro atoms. The highest BCUT2D eigenvalue weighted by Gasteiger charge is 2.07. The maximum Gasteiger partial charge on any atom is 0.215 e. The molecule has 0 aliphatic carbocycles. The molecular formula is C9H12N6S. The van der Waals surface area contributed by atoms with Crippen LogP contribution in [0.3, 0.4) is 0 Å². The molecule has 0 fully saturated rings. The number of pyridine rings is 1. The van der Waals surface area contributed by atoms with Crippen molar-refractivity contribution < 1.29 is 0 Å². The highest BCUT2D eigenvalue weighted by molar-refractivity contribution is 7.99. The molecular weight excluding hydrogens is 224 g/mol. The minimum atomic E-state index is -0.0000265. The standard InChI is InChI=1S/C9H12N6S/c1-6(10)7-3-4-11-8(5-7)16-9-12-13-14-15(9)2/h3-6H,10H2,1-2H3. The first kappa shape index (κ1) is 11.0. The van der Waals surface area contributed by atoms with Gasteiger partial charge in [0.1, 0.15) is 5.03 Å². The van der Waals surface area contributed by atoms with Gasteiger partial charge in [-0.1, -0.05) is 0 Å². The molecule has 2 N–H and O–H groups in total. The summed E-state index contributed by atoms with van der Waals surface area (Å²) in [6, 6.07) is 3.85. The van der Waals surface area contributed by atoms with Crippen molar-refractivity contribution in [2.24, 2.45) is 12.8 Å². The van der Waals surface area contributed by atoms with Crippen LogP contribution in [-0.4, -0.2) is 25.2 Å². The molecule has 2 aromatic heterocycles. The van der Waals surface area contributed by atoms with Crippen LogP contribution in [0.25, 0.3) is 0 Å². The highest BCUT2D eigenvalue weighted by atomic mass is 32.2. The number of nitrogens with two attached hydrogens (primary N) is 1. The molecule has 7 heteroatoms. The lowest BCUT2D eigenvalue weighted by Gasteiger charge is -2.06. The number of aromatic nitrogens is 5. The van der Waals surface area contributed by atoms with Crippen molar-refractivity contribution >= 4 is 11.8 Å². The van der Waals surface area contributed by atoms with Crippen LogP contribution in [0.4, 0.5) is 0 Å². The van der Waals surface area contributed by atoms with Crippen LogP contribution in [0.5, 0.6) is 0 Å². The largest absolute Gasteiger partial charge is 0.324 e. The fourth-order valence-corrected chi connectivity index (χ4v) is 1.91. The van der Waals surface area contributed by atoms with E-state index in [1.165, 1.54) is 11.8 Å². The molecule has 2 heterocycles. The summed E-state index contributed by atoms with van der Waals surface area (Å²) in [7, 11) is 1.79. The summed E-state index contributed by atoms with van der Waals surface area (Å²) < 4.78 is 1.60. The normalized spacial score (nSPS) is 12.7. The third-order valence-electron chi connectivity index (χ3n) is 2.06. The van der Waals surface area contributed by atoms with Crippen LogP contribution < -0.4 is 5.73 Å². The van der Waals surface area contributed by atoms with Crippen LogP contribution >= 0.6 is 11.8 Å². The van der Waals surface area contributed by atoms with E-state index >= 15 is 0 Å². The SMILES string of the molecule is CC(N)c1ccnc(Sc2nnnn2C)c1. The third-order valence-corrected chi connectivity index (χ3v) is 3.02. The van der Waals surface area contributed by atoms with Crippen molar-refractivity contribution in [1.29, 1.82) is 0 Å². The fraction of sp³-hybridized carbons (Fsp3) is 0.333. The van der Waals surface area contributed by atoms with E-state index in [0.29, 0.717) is 5.16 Å². The van der Waals surface area contributed by atoms with Gasteiger partial charge in [0.05, 0.1) is 0 Å². The molecule has 1 unspecified atom stereocenters. The van der Waals surface area contributed by atoms with E-state index in [1.807, 2.05) is 19.1 Å². The maximum absolute atomic E-state index is 5.80. The zero-order valence-electron chi connectivity index (χ0n) is 9.03. The molecule has 0 radical (unpaired) electrons. The Morgan fingerprint density at radius 1 is 1.50 bits per heavy atom. The van der Waals surface area contributed by atoms with Gasteiger partial charge < -0.3 is 5.73 Å². The van der Waals surface area contributed by atoms with Crippen molar-refractivity contribution in [2.75, 3.05) is 0 Å². The van der Waals surface area contributed by atoms with Crippen LogP contribution in [0.15, 0.2) is 28.5 Å². The molecule has 0 aliphatic heterocycles. The molecule has 0 amide bonds. The summed E-state index contributed by atoms with van der Waals surface area (Å²) in [5.41, 5.74) is 6.85. The van der Waals surface area contributed by atoms with Crippen molar-refractivity contribution in [3.8, 4) is 0 Å². The predicted molar refractivity (Wildman–Crippen MR) is 59.8 cm³/mol. The van der Waals surface area contributed by atoms with E-state index in [-0.39, 0.29) is 6.04 Å². The van der Waals surface area contributed by atoms with Gasteiger partial charge >= 0.3 is 0 Å². The van der Waals surface area contributed by atoms with Crippen LogP contribution in [0.1, 0.15) is 18.5 Å². The summed E-state index contributed by atoms with van der Waals surface area (Å²) in [5.74, 6) is 0. The number of rotatable bonds is 3. The van der Waals surface area contributed by atoms with E-state index in [4.69, 9.17) is 5.73 Å². The van der Waals surface area contributed by atoms with Gasteiger partial charge in [-0.25, -0.2) is 9.67 Å². The molecule has 2 rings (SSSR count). The lowest BCUT2D eigenvalue weighted by atomic mass is 10.1. The number of aryl methyl sites for hydroxylation is 1. The Hall–Kier alpha value is -1.47. The van der Waals surface area contributed by atoms with E-state index in [2.05, 4.69) is 20.5 Å². The summed E-state index contributed by atoms with van der Waals surface area (Å²) in [6.07, 6.45) is 1.74.